The van der Waals surface area contributed by atoms with E-state index in [2.05, 4.69) is 70.4 Å². The second kappa shape index (κ2) is 4.56. The summed E-state index contributed by atoms with van der Waals surface area (Å²) in [6.07, 6.45) is 5.68. The van der Waals surface area contributed by atoms with Gasteiger partial charge in [-0.05, 0) is 32.6 Å². The van der Waals surface area contributed by atoms with E-state index in [4.69, 9.17) is 0 Å². The molecule has 0 spiro atoms. The standard InChI is InChI=1S/C13H27N2P/c1-12(2,3)15-9-8-14(10-15)11-16(7)13(4,5)6/h8-9H,10-11H2,1-7H3/t16-/m0/s1. The fourth-order valence-electron chi connectivity index (χ4n) is 1.48. The van der Waals surface area contributed by atoms with E-state index >= 15 is 0 Å². The molecule has 0 aromatic rings. The van der Waals surface area contributed by atoms with Crippen molar-refractivity contribution in [3.05, 3.63) is 12.4 Å². The van der Waals surface area contributed by atoms with Crippen LogP contribution in [-0.2, 0) is 0 Å². The van der Waals surface area contributed by atoms with Crippen LogP contribution >= 0.6 is 7.92 Å². The summed E-state index contributed by atoms with van der Waals surface area (Å²) >= 11 is 0. The fraction of sp³-hybridized carbons (Fsp3) is 0.846. The average molecular weight is 242 g/mol. The first-order valence-corrected chi connectivity index (χ1v) is 7.98. The van der Waals surface area contributed by atoms with E-state index in [1.165, 1.54) is 6.29 Å². The molecule has 0 unspecified atom stereocenters. The Hall–Kier alpha value is -0.230. The molecule has 1 rings (SSSR count). The van der Waals surface area contributed by atoms with E-state index in [0.717, 1.165) is 6.67 Å². The SMILES string of the molecule is C[P@@](CN1C=CN(C(C)(C)C)C1)C(C)(C)C. The molecule has 94 valence electrons. The topological polar surface area (TPSA) is 6.48 Å². The van der Waals surface area contributed by atoms with Crippen LogP contribution in [0.5, 0.6) is 0 Å². The first-order valence-electron chi connectivity index (χ1n) is 6.01. The molecular weight excluding hydrogens is 215 g/mol. The third kappa shape index (κ3) is 3.66. The zero-order valence-corrected chi connectivity index (χ0v) is 12.8. The number of hydrogen-bond donors (Lipinski definition) is 0. The van der Waals surface area contributed by atoms with Gasteiger partial charge < -0.3 is 9.80 Å². The van der Waals surface area contributed by atoms with Gasteiger partial charge in [0.05, 0.1) is 6.67 Å². The van der Waals surface area contributed by atoms with E-state index in [9.17, 15) is 0 Å². The monoisotopic (exact) mass is 242 g/mol. The van der Waals surface area contributed by atoms with Crippen molar-refractivity contribution in [1.29, 1.82) is 0 Å². The Morgan fingerprint density at radius 1 is 1.06 bits per heavy atom. The highest BCUT2D eigenvalue weighted by molar-refractivity contribution is 7.58. The lowest BCUT2D eigenvalue weighted by Gasteiger charge is -2.36. The fourth-order valence-corrected chi connectivity index (χ4v) is 2.63. The molecule has 0 fully saturated rings. The van der Waals surface area contributed by atoms with Crippen molar-refractivity contribution in [2.45, 2.75) is 52.2 Å². The average Bonchev–Trinajstić information content (AvgIpc) is 2.49. The van der Waals surface area contributed by atoms with Crippen molar-refractivity contribution in [1.82, 2.24) is 9.80 Å². The summed E-state index contributed by atoms with van der Waals surface area (Å²) in [7, 11) is 0.0605. The summed E-state index contributed by atoms with van der Waals surface area (Å²) in [5, 5.41) is 0.457. The predicted octanol–water partition coefficient (Wildman–Crippen LogP) is 3.70. The smallest absolute Gasteiger partial charge is 0.0902 e. The second-order valence-electron chi connectivity index (χ2n) is 6.68. The Bertz CT molecular complexity index is 260. The van der Waals surface area contributed by atoms with E-state index in [0.29, 0.717) is 5.16 Å². The highest BCUT2D eigenvalue weighted by Gasteiger charge is 2.26. The van der Waals surface area contributed by atoms with Crippen molar-refractivity contribution in [2.24, 2.45) is 0 Å². The maximum absolute atomic E-state index is 2.45. The molecule has 0 saturated carbocycles. The molecule has 0 amide bonds. The molecule has 1 aliphatic rings. The van der Waals surface area contributed by atoms with Crippen LogP contribution in [0.2, 0.25) is 0 Å². The van der Waals surface area contributed by atoms with Crippen LogP contribution in [0.15, 0.2) is 12.4 Å². The van der Waals surface area contributed by atoms with E-state index < -0.39 is 0 Å². The van der Waals surface area contributed by atoms with Crippen molar-refractivity contribution in [2.75, 3.05) is 19.6 Å². The summed E-state index contributed by atoms with van der Waals surface area (Å²) in [6, 6.07) is 0. The molecule has 0 N–H and O–H groups in total. The Morgan fingerprint density at radius 3 is 2.00 bits per heavy atom. The Labute approximate surface area is 102 Å². The lowest BCUT2D eigenvalue weighted by molar-refractivity contribution is 0.171. The largest absolute Gasteiger partial charge is 0.354 e. The van der Waals surface area contributed by atoms with Crippen LogP contribution in [0.4, 0.5) is 0 Å². The molecule has 16 heavy (non-hydrogen) atoms. The van der Waals surface area contributed by atoms with Crippen molar-refractivity contribution in [3.63, 3.8) is 0 Å². The molecular formula is C13H27N2P. The molecule has 0 aromatic carbocycles. The zero-order chi connectivity index (χ0) is 12.6. The lowest BCUT2D eigenvalue weighted by atomic mass is 10.1. The molecule has 3 heteroatoms. The summed E-state index contributed by atoms with van der Waals surface area (Å²) in [4.78, 5) is 4.85. The van der Waals surface area contributed by atoms with Gasteiger partial charge in [-0.3, -0.25) is 0 Å². The van der Waals surface area contributed by atoms with Gasteiger partial charge in [0, 0.05) is 24.2 Å². The van der Waals surface area contributed by atoms with Crippen LogP contribution in [0.1, 0.15) is 41.5 Å². The molecule has 0 aromatic heterocycles. The minimum atomic E-state index is 0.0605. The predicted molar refractivity (Wildman–Crippen MR) is 74.9 cm³/mol. The quantitative estimate of drug-likeness (QED) is 0.681. The molecule has 0 saturated heterocycles. The Balaban J connectivity index is 2.48. The second-order valence-corrected chi connectivity index (χ2v) is 9.70. The molecule has 0 aliphatic carbocycles. The van der Waals surface area contributed by atoms with Gasteiger partial charge in [-0.2, -0.15) is 0 Å². The van der Waals surface area contributed by atoms with Crippen LogP contribution in [0.25, 0.3) is 0 Å². The van der Waals surface area contributed by atoms with Crippen molar-refractivity contribution < 1.29 is 0 Å². The molecule has 1 aliphatic heterocycles. The molecule has 1 heterocycles. The third-order valence-corrected chi connectivity index (χ3v) is 6.27. The Kier molecular flexibility index (Phi) is 3.95. The van der Waals surface area contributed by atoms with Crippen molar-refractivity contribution >= 4 is 7.92 Å². The van der Waals surface area contributed by atoms with Gasteiger partial charge in [0.25, 0.3) is 0 Å². The van der Waals surface area contributed by atoms with Crippen LogP contribution in [0.3, 0.4) is 0 Å². The first kappa shape index (κ1) is 13.8. The van der Waals surface area contributed by atoms with E-state index in [1.54, 1.807) is 0 Å². The zero-order valence-electron chi connectivity index (χ0n) is 11.9. The normalized spacial score (nSPS) is 19.4. The highest BCUT2D eigenvalue weighted by atomic mass is 31.1. The van der Waals surface area contributed by atoms with Gasteiger partial charge >= 0.3 is 0 Å². The minimum Gasteiger partial charge on any atom is -0.354 e. The summed E-state index contributed by atoms with van der Waals surface area (Å²) in [6.45, 7) is 17.3. The van der Waals surface area contributed by atoms with Crippen molar-refractivity contribution in [3.8, 4) is 0 Å². The maximum atomic E-state index is 2.45. The maximum Gasteiger partial charge on any atom is 0.0902 e. The molecule has 2 nitrogen and oxygen atoms in total. The number of rotatable bonds is 2. The van der Waals surface area contributed by atoms with Crippen LogP contribution in [0, 0.1) is 0 Å². The highest BCUT2D eigenvalue weighted by Crippen LogP contribution is 2.46. The van der Waals surface area contributed by atoms with Crippen LogP contribution in [-0.4, -0.2) is 40.1 Å². The van der Waals surface area contributed by atoms with E-state index in [1.807, 2.05) is 0 Å². The van der Waals surface area contributed by atoms with Crippen LogP contribution < -0.4 is 0 Å². The number of nitrogens with zero attached hydrogens (tertiary/aromatic N) is 2. The third-order valence-electron chi connectivity index (χ3n) is 3.19. The van der Waals surface area contributed by atoms with E-state index in [-0.39, 0.29) is 13.5 Å². The Morgan fingerprint density at radius 2 is 1.62 bits per heavy atom. The van der Waals surface area contributed by atoms with Gasteiger partial charge in [0.15, 0.2) is 0 Å². The molecule has 1 atom stereocenters. The summed E-state index contributed by atoms with van der Waals surface area (Å²) in [5.41, 5.74) is 0.240. The molecule has 0 radical (unpaired) electrons. The number of hydrogen-bond acceptors (Lipinski definition) is 2. The minimum absolute atomic E-state index is 0.0605. The molecule has 0 bridgehead atoms. The first-order chi connectivity index (χ1) is 7.10. The summed E-state index contributed by atoms with van der Waals surface area (Å²) in [5.74, 6) is 0. The van der Waals surface area contributed by atoms with Gasteiger partial charge in [-0.15, -0.1) is 0 Å². The van der Waals surface area contributed by atoms with Gasteiger partial charge in [-0.1, -0.05) is 28.7 Å². The van der Waals surface area contributed by atoms with Gasteiger partial charge in [-0.25, -0.2) is 0 Å². The lowest BCUT2D eigenvalue weighted by Crippen LogP contribution is -2.39. The van der Waals surface area contributed by atoms with Gasteiger partial charge in [0.2, 0.25) is 0 Å². The van der Waals surface area contributed by atoms with Gasteiger partial charge in [0.1, 0.15) is 0 Å². The summed E-state index contributed by atoms with van der Waals surface area (Å²) < 4.78 is 0.